The summed E-state index contributed by atoms with van der Waals surface area (Å²) in [5, 5.41) is 83.4. The van der Waals surface area contributed by atoms with Crippen molar-refractivity contribution in [2.45, 2.75) is 235 Å². The highest BCUT2D eigenvalue weighted by Crippen LogP contribution is 2.69. The van der Waals surface area contributed by atoms with Gasteiger partial charge >= 0.3 is 0 Å². The fourth-order valence-electron chi connectivity index (χ4n) is 25.3. The molecule has 9 aromatic rings. The van der Waals surface area contributed by atoms with Crippen molar-refractivity contribution < 1.29 is 59.2 Å². The Morgan fingerprint density at radius 2 is 0.858 bits per heavy atom. The molecule has 9 heterocycles. The molecule has 3 aromatic heterocycles. The molecule has 21 nitrogen and oxygen atoms in total. The number of aryl methyl sites for hydroxylation is 2. The van der Waals surface area contributed by atoms with E-state index in [0.29, 0.717) is 80.6 Å². The maximum atomic E-state index is 13.5. The van der Waals surface area contributed by atoms with Gasteiger partial charge in [-0.1, -0.05) is 66.7 Å². The van der Waals surface area contributed by atoms with Gasteiger partial charge in [0.1, 0.15) is 18.3 Å². The van der Waals surface area contributed by atoms with Gasteiger partial charge in [-0.05, 0) is 243 Å². The number of amides is 3. The molecule has 3 amide bonds. The summed E-state index contributed by atoms with van der Waals surface area (Å²) in [6.45, 7) is 5.91. The Labute approximate surface area is 656 Å². The number of fused-ring (bicyclic) bond motifs is 3. The number of nitrogens with zero attached hydrogens (tertiary/aromatic N) is 3. The number of aromatic amines is 3. The highest BCUT2D eigenvalue weighted by molar-refractivity contribution is 6.06. The topological polar surface area (TPSA) is 293 Å². The van der Waals surface area contributed by atoms with Crippen LogP contribution in [0.3, 0.4) is 0 Å². The highest BCUT2D eigenvalue weighted by Gasteiger charge is 2.77. The molecule has 0 unspecified atom stereocenters. The van der Waals surface area contributed by atoms with Crippen LogP contribution in [0.1, 0.15) is 170 Å². The Morgan fingerprint density at radius 1 is 0.442 bits per heavy atom. The number of para-hydroxylation sites is 3. The van der Waals surface area contributed by atoms with E-state index in [0.717, 1.165) is 158 Å². The Balaban J connectivity index is 0.000000104. The van der Waals surface area contributed by atoms with Crippen LogP contribution in [0.2, 0.25) is 0 Å². The lowest BCUT2D eigenvalue weighted by Crippen LogP contribution is -2.78. The van der Waals surface area contributed by atoms with Gasteiger partial charge in [-0.2, -0.15) is 0 Å². The number of piperidine rings is 3. The smallest absolute Gasteiger partial charge is 0.253 e. The predicted octanol–water partition coefficient (Wildman–Crippen LogP) is 10.7. The van der Waals surface area contributed by atoms with E-state index < -0.39 is 39.2 Å². The summed E-state index contributed by atoms with van der Waals surface area (Å²) >= 11 is 0. The minimum absolute atomic E-state index is 0.00431. The van der Waals surface area contributed by atoms with Gasteiger partial charge in [0, 0.05) is 113 Å². The molecular weight excluding hydrogens is 1420 g/mol. The summed E-state index contributed by atoms with van der Waals surface area (Å²) in [4.78, 5) is 57.4. The fourth-order valence-corrected chi connectivity index (χ4v) is 25.3. The normalized spacial score (nSPS) is 33.3. The molecule has 113 heavy (non-hydrogen) atoms. The first-order valence-corrected chi connectivity index (χ1v) is 42.5. The number of H-pyrrole nitrogens is 3. The highest BCUT2D eigenvalue weighted by atomic mass is 16.5. The van der Waals surface area contributed by atoms with Gasteiger partial charge in [-0.25, -0.2) is 0 Å². The summed E-state index contributed by atoms with van der Waals surface area (Å²) in [6, 6.07) is 34.9. The van der Waals surface area contributed by atoms with Crippen LogP contribution >= 0.6 is 0 Å². The van der Waals surface area contributed by atoms with E-state index in [4.69, 9.17) is 14.2 Å². The number of aliphatic hydroxyl groups is 3. The standard InChI is InChI=1S/C32H37N3O4.C31H35N3O4.C29H31N3O4/c36-25-11-10-20-16-26-32(38)13-12-24(34-27(37)7-3-4-21-17-33-23-6-2-1-5-22(21)23)30-31(32,28(20)29(25)39-30)14-15-35(26)18-19-8-9-19;35-24-9-7-19-15-25-31(37)12-11-23(33-26(36)10-8-20-16-32-22-4-2-1-3-21(20)22)29-30(31,27(19)28(24)38-29)13-14-34(25)17-18-5-6-18;33-21-7-6-18-14-22-29(35)10-8-20(31-27(34)19-3-1-2-17-9-12-30-24(17)19)26-28(29,23(18)25(21)36-26)11-13-32(22)15-16-4-5-16/h1-2,5-6,10-11,17,19,24,26,30,33,36,38H,3-4,7-9,12-16,18H2,(H,34,37);1-4,7,9,16,18,23,25,29,32,35,37H,5-6,8,10-15,17H2,(H,33,36);1-3,6-7,9,12,16,20,22,26,30,33,35H,4-5,8,10-11,13-15H2,(H,31,34)/t24-,26-,30+,31+,32-;23-,25-,29+,30+,31-;20-,22+,26-,28-,29+/m110/s1. The van der Waals surface area contributed by atoms with E-state index >= 15 is 0 Å². The predicted molar refractivity (Wildman–Crippen MR) is 426 cm³/mol. The second-order valence-corrected chi connectivity index (χ2v) is 36.7. The molecule has 6 aliphatic heterocycles. The molecule has 21 heteroatoms. The van der Waals surface area contributed by atoms with E-state index in [1.165, 1.54) is 66.2 Å². The minimum Gasteiger partial charge on any atom is -0.504 e. The van der Waals surface area contributed by atoms with Gasteiger partial charge < -0.3 is 75.8 Å². The molecule has 3 saturated heterocycles. The number of likely N-dealkylation sites (tertiary alicyclic amines) is 3. The number of ether oxygens (including phenoxy) is 3. The third kappa shape index (κ3) is 10.6. The van der Waals surface area contributed by atoms with E-state index in [1.807, 2.05) is 91.4 Å². The average Bonchev–Trinajstić information content (AvgIpc) is 1.51. The molecule has 6 bridgehead atoms. The molecule has 12 N–H and O–H groups in total. The maximum Gasteiger partial charge on any atom is 0.253 e. The molecule has 0 radical (unpaired) electrons. The molecule has 6 saturated carbocycles. The summed E-state index contributed by atoms with van der Waals surface area (Å²) in [5.41, 5.74) is 7.93. The van der Waals surface area contributed by atoms with Crippen molar-refractivity contribution in [1.82, 2.24) is 45.6 Å². The quantitative estimate of drug-likeness (QED) is 0.0404. The minimum atomic E-state index is -0.947. The SMILES string of the molecule is O=C(CCCc1c[nH]c2ccccc12)N[C@@H]1CC[C@@]2(O)[C@H]3Cc4ccc(O)c5c4[C@@]2(CCN3CC2CC2)[C@H]1O5.O=C(CCc1c[nH]c2ccccc12)N[C@@H]1CC[C@@]2(O)[C@H]3Cc4ccc(O)c5c4[C@@]2(CCN3CC2CC2)[C@H]1O5.O=C(N[C@H]1CC[C@@]2(O)[C@H]3Cc4ccc(O)c5c4[C@@]2(CCN3CC2CC2)[C@H]1O5)c1cccc2cc[nH]c12. The van der Waals surface area contributed by atoms with Crippen molar-refractivity contribution in [1.29, 1.82) is 0 Å². The first-order valence-electron chi connectivity index (χ1n) is 42.5. The largest absolute Gasteiger partial charge is 0.504 e. The van der Waals surface area contributed by atoms with Crippen molar-refractivity contribution in [3.05, 3.63) is 178 Å². The molecule has 15 aliphatic rings. The number of carbonyl (C=O) groups is 3. The lowest BCUT2D eigenvalue weighted by Gasteiger charge is -2.64. The van der Waals surface area contributed by atoms with Crippen LogP contribution in [-0.2, 0) is 57.9 Å². The van der Waals surface area contributed by atoms with Gasteiger partial charge in [0.05, 0.1) is 62.3 Å². The summed E-state index contributed by atoms with van der Waals surface area (Å²) in [5.74, 6) is 4.14. The summed E-state index contributed by atoms with van der Waals surface area (Å²) in [6.07, 6.45) is 24.1. The Hall–Kier alpha value is -9.09. The first kappa shape index (κ1) is 70.5. The summed E-state index contributed by atoms with van der Waals surface area (Å²) in [7, 11) is 0. The molecule has 24 rings (SSSR count). The maximum absolute atomic E-state index is 13.5. The van der Waals surface area contributed by atoms with Crippen LogP contribution in [0.15, 0.2) is 128 Å². The van der Waals surface area contributed by atoms with Crippen LogP contribution in [-0.4, -0.2) is 189 Å². The zero-order valence-corrected chi connectivity index (χ0v) is 64.0. The zero-order valence-electron chi connectivity index (χ0n) is 64.0. The van der Waals surface area contributed by atoms with E-state index in [9.17, 15) is 45.0 Å². The van der Waals surface area contributed by atoms with Crippen LogP contribution in [0.25, 0.3) is 32.7 Å². The second kappa shape index (κ2) is 26.0. The summed E-state index contributed by atoms with van der Waals surface area (Å²) < 4.78 is 19.7. The fraction of sp³-hybridized carbons (Fsp3) is 0.511. The van der Waals surface area contributed by atoms with Crippen LogP contribution in [0, 0.1) is 17.8 Å². The number of aromatic hydroxyl groups is 3. The average molecular weight is 1530 g/mol. The molecule has 15 atom stereocenters. The molecule has 6 aromatic carbocycles. The molecule has 9 aliphatic carbocycles. The third-order valence-electron chi connectivity index (χ3n) is 31.0. The van der Waals surface area contributed by atoms with Gasteiger partial charge in [0.25, 0.3) is 5.91 Å². The van der Waals surface area contributed by atoms with Gasteiger partial charge in [0.15, 0.2) is 34.5 Å². The molecule has 3 spiro atoms. The van der Waals surface area contributed by atoms with Crippen molar-refractivity contribution in [3.8, 4) is 34.5 Å². The second-order valence-electron chi connectivity index (χ2n) is 36.7. The van der Waals surface area contributed by atoms with Crippen molar-refractivity contribution in [3.63, 3.8) is 0 Å². The Morgan fingerprint density at radius 3 is 1.30 bits per heavy atom. The molecule has 588 valence electrons. The molecule has 9 fully saturated rings. The van der Waals surface area contributed by atoms with Gasteiger partial charge in [-0.3, -0.25) is 29.1 Å². The number of aromatic nitrogens is 3. The van der Waals surface area contributed by atoms with Crippen LogP contribution in [0.5, 0.6) is 34.5 Å². The number of hydrogen-bond acceptors (Lipinski definition) is 15. The van der Waals surface area contributed by atoms with Crippen molar-refractivity contribution in [2.24, 2.45) is 17.8 Å². The lowest BCUT2D eigenvalue weighted by atomic mass is 9.48. The van der Waals surface area contributed by atoms with E-state index in [1.54, 1.807) is 18.2 Å². The number of phenols is 3. The zero-order chi connectivity index (χ0) is 76.2. The number of rotatable bonds is 17. The number of hydrogen-bond donors (Lipinski definition) is 12. The molecular formula is C92H103N9O12. The van der Waals surface area contributed by atoms with Crippen molar-refractivity contribution >= 4 is 50.4 Å². The monoisotopic (exact) mass is 1530 g/mol. The number of nitrogens with one attached hydrogen (secondary N) is 6. The Bertz CT molecular complexity index is 5350. The Kier molecular flexibility index (Phi) is 16.2. The van der Waals surface area contributed by atoms with Gasteiger partial charge in [0.2, 0.25) is 11.8 Å². The van der Waals surface area contributed by atoms with Crippen LogP contribution < -0.4 is 30.2 Å². The number of benzene rings is 6. The van der Waals surface area contributed by atoms with E-state index in [2.05, 4.69) is 63.8 Å². The number of phenolic OH excluding ortho intramolecular Hbond substituents is 3. The van der Waals surface area contributed by atoms with Crippen LogP contribution in [0.4, 0.5) is 0 Å². The van der Waals surface area contributed by atoms with Gasteiger partial charge in [-0.15, -0.1) is 0 Å². The number of carbonyl (C=O) groups excluding carboxylic acids is 3. The van der Waals surface area contributed by atoms with E-state index in [-0.39, 0.29) is 83.4 Å². The lowest BCUT2D eigenvalue weighted by molar-refractivity contribution is -0.192. The van der Waals surface area contributed by atoms with Crippen molar-refractivity contribution in [2.75, 3.05) is 39.3 Å². The first-order chi connectivity index (χ1) is 54.9. The third-order valence-corrected chi connectivity index (χ3v) is 31.0.